The van der Waals surface area contributed by atoms with E-state index in [4.69, 9.17) is 4.74 Å². The standard InChI is InChI=1S/C14H15IN2O/c1-10(16-2)11-7-8-14(17-9-11)18-13-6-4-3-5-12(13)15/h3-10,16H,1-2H3. The number of halogens is 1. The summed E-state index contributed by atoms with van der Waals surface area (Å²) in [5, 5.41) is 3.18. The van der Waals surface area contributed by atoms with E-state index in [0.717, 1.165) is 14.9 Å². The van der Waals surface area contributed by atoms with E-state index < -0.39 is 0 Å². The predicted octanol–water partition coefficient (Wildman–Crippen LogP) is 3.76. The fourth-order valence-corrected chi connectivity index (χ4v) is 2.01. The van der Waals surface area contributed by atoms with Crippen molar-refractivity contribution in [3.05, 3.63) is 51.7 Å². The first kappa shape index (κ1) is 13.3. The minimum atomic E-state index is 0.295. The minimum Gasteiger partial charge on any atom is -0.438 e. The summed E-state index contributed by atoms with van der Waals surface area (Å²) in [5.74, 6) is 1.45. The number of benzene rings is 1. The van der Waals surface area contributed by atoms with Crippen molar-refractivity contribution in [1.29, 1.82) is 0 Å². The Labute approximate surface area is 121 Å². The molecule has 0 aliphatic rings. The van der Waals surface area contributed by atoms with Crippen LogP contribution < -0.4 is 10.1 Å². The lowest BCUT2D eigenvalue weighted by Crippen LogP contribution is -2.12. The van der Waals surface area contributed by atoms with Gasteiger partial charge in [-0.2, -0.15) is 0 Å². The molecular weight excluding hydrogens is 339 g/mol. The van der Waals surface area contributed by atoms with Crippen LogP contribution in [0.3, 0.4) is 0 Å². The molecular formula is C14H15IN2O. The molecule has 1 heterocycles. The number of ether oxygens (including phenoxy) is 1. The molecule has 2 aromatic rings. The first-order valence-electron chi connectivity index (χ1n) is 5.76. The Morgan fingerprint density at radius 1 is 1.22 bits per heavy atom. The van der Waals surface area contributed by atoms with E-state index in [1.807, 2.05) is 49.6 Å². The summed E-state index contributed by atoms with van der Waals surface area (Å²) in [6.45, 7) is 2.09. The number of hydrogen-bond donors (Lipinski definition) is 1. The van der Waals surface area contributed by atoms with Gasteiger partial charge < -0.3 is 10.1 Å². The lowest BCUT2D eigenvalue weighted by molar-refractivity contribution is 0.458. The van der Waals surface area contributed by atoms with Crippen LogP contribution in [0.2, 0.25) is 0 Å². The van der Waals surface area contributed by atoms with Crippen LogP contribution >= 0.6 is 22.6 Å². The number of hydrogen-bond acceptors (Lipinski definition) is 3. The summed E-state index contributed by atoms with van der Waals surface area (Å²) in [6, 6.07) is 12.1. The zero-order valence-corrected chi connectivity index (χ0v) is 12.5. The Bertz CT molecular complexity index is 513. The molecule has 1 aromatic carbocycles. The Balaban J connectivity index is 2.14. The quantitative estimate of drug-likeness (QED) is 0.849. The van der Waals surface area contributed by atoms with Crippen molar-refractivity contribution in [1.82, 2.24) is 10.3 Å². The molecule has 1 N–H and O–H groups in total. The summed E-state index contributed by atoms with van der Waals surface area (Å²) in [5.41, 5.74) is 1.15. The van der Waals surface area contributed by atoms with E-state index in [-0.39, 0.29) is 0 Å². The molecule has 4 heteroatoms. The number of nitrogens with zero attached hydrogens (tertiary/aromatic N) is 1. The number of aromatic nitrogens is 1. The molecule has 1 aromatic heterocycles. The third-order valence-corrected chi connectivity index (χ3v) is 3.63. The van der Waals surface area contributed by atoms with Crippen molar-refractivity contribution in [2.24, 2.45) is 0 Å². The molecule has 0 saturated carbocycles. The van der Waals surface area contributed by atoms with Gasteiger partial charge in [-0.3, -0.25) is 0 Å². The van der Waals surface area contributed by atoms with Crippen molar-refractivity contribution in [2.75, 3.05) is 7.05 Å². The second-order valence-electron chi connectivity index (χ2n) is 3.97. The van der Waals surface area contributed by atoms with Crippen LogP contribution in [0.25, 0.3) is 0 Å². The van der Waals surface area contributed by atoms with E-state index in [1.54, 1.807) is 0 Å². The van der Waals surface area contributed by atoms with Crippen LogP contribution in [0.4, 0.5) is 0 Å². The fraction of sp³-hybridized carbons (Fsp3) is 0.214. The molecule has 1 atom stereocenters. The van der Waals surface area contributed by atoms with Crippen LogP contribution in [0.1, 0.15) is 18.5 Å². The number of pyridine rings is 1. The SMILES string of the molecule is CNC(C)c1ccc(Oc2ccccc2I)nc1. The lowest BCUT2D eigenvalue weighted by Gasteiger charge is -2.11. The first-order valence-corrected chi connectivity index (χ1v) is 6.84. The highest BCUT2D eigenvalue weighted by Gasteiger charge is 2.05. The second kappa shape index (κ2) is 6.15. The van der Waals surface area contributed by atoms with E-state index in [1.165, 1.54) is 0 Å². The molecule has 0 saturated heterocycles. The van der Waals surface area contributed by atoms with E-state index in [0.29, 0.717) is 11.9 Å². The van der Waals surface area contributed by atoms with Gasteiger partial charge in [0, 0.05) is 18.3 Å². The largest absolute Gasteiger partial charge is 0.438 e. The van der Waals surface area contributed by atoms with Crippen molar-refractivity contribution in [3.8, 4) is 11.6 Å². The molecule has 0 aliphatic heterocycles. The van der Waals surface area contributed by atoms with Gasteiger partial charge >= 0.3 is 0 Å². The van der Waals surface area contributed by atoms with Crippen molar-refractivity contribution in [2.45, 2.75) is 13.0 Å². The molecule has 1 unspecified atom stereocenters. The Morgan fingerprint density at radius 3 is 2.61 bits per heavy atom. The monoisotopic (exact) mass is 354 g/mol. The summed E-state index contributed by atoms with van der Waals surface area (Å²) < 4.78 is 6.81. The summed E-state index contributed by atoms with van der Waals surface area (Å²) in [4.78, 5) is 4.32. The minimum absolute atomic E-state index is 0.295. The van der Waals surface area contributed by atoms with Crippen LogP contribution in [0.15, 0.2) is 42.6 Å². The van der Waals surface area contributed by atoms with Gasteiger partial charge in [-0.25, -0.2) is 4.98 Å². The van der Waals surface area contributed by atoms with Crippen molar-refractivity contribution in [3.63, 3.8) is 0 Å². The zero-order valence-electron chi connectivity index (χ0n) is 10.4. The molecule has 0 bridgehead atoms. The van der Waals surface area contributed by atoms with E-state index in [2.05, 4.69) is 39.8 Å². The predicted molar refractivity (Wildman–Crippen MR) is 80.9 cm³/mol. The van der Waals surface area contributed by atoms with Crippen LogP contribution in [0.5, 0.6) is 11.6 Å². The summed E-state index contributed by atoms with van der Waals surface area (Å²) in [6.07, 6.45) is 1.84. The molecule has 0 fully saturated rings. The maximum absolute atomic E-state index is 5.74. The van der Waals surface area contributed by atoms with Gasteiger partial charge in [-0.05, 0) is 54.3 Å². The maximum atomic E-state index is 5.74. The van der Waals surface area contributed by atoms with Crippen LogP contribution in [-0.2, 0) is 0 Å². The molecule has 0 radical (unpaired) electrons. The smallest absolute Gasteiger partial charge is 0.219 e. The Morgan fingerprint density at radius 2 is 2.00 bits per heavy atom. The number of rotatable bonds is 4. The normalized spacial score (nSPS) is 12.2. The molecule has 0 aliphatic carbocycles. The molecule has 2 rings (SSSR count). The topological polar surface area (TPSA) is 34.1 Å². The van der Waals surface area contributed by atoms with Crippen LogP contribution in [-0.4, -0.2) is 12.0 Å². The highest BCUT2D eigenvalue weighted by atomic mass is 127. The molecule has 0 spiro atoms. The molecule has 94 valence electrons. The van der Waals surface area contributed by atoms with Gasteiger partial charge in [0.15, 0.2) is 0 Å². The van der Waals surface area contributed by atoms with Gasteiger partial charge in [0.25, 0.3) is 0 Å². The average Bonchev–Trinajstić information content (AvgIpc) is 2.41. The average molecular weight is 354 g/mol. The third-order valence-electron chi connectivity index (χ3n) is 2.74. The fourth-order valence-electron chi connectivity index (χ4n) is 1.52. The third kappa shape index (κ3) is 3.20. The van der Waals surface area contributed by atoms with Gasteiger partial charge in [-0.15, -0.1) is 0 Å². The highest BCUT2D eigenvalue weighted by molar-refractivity contribution is 14.1. The zero-order chi connectivity index (χ0) is 13.0. The van der Waals surface area contributed by atoms with Crippen molar-refractivity contribution < 1.29 is 4.74 Å². The van der Waals surface area contributed by atoms with E-state index >= 15 is 0 Å². The first-order chi connectivity index (χ1) is 8.70. The molecule has 0 amide bonds. The maximum Gasteiger partial charge on any atom is 0.219 e. The number of para-hydroxylation sites is 1. The number of nitrogens with one attached hydrogen (secondary N) is 1. The van der Waals surface area contributed by atoms with E-state index in [9.17, 15) is 0 Å². The van der Waals surface area contributed by atoms with Gasteiger partial charge in [0.1, 0.15) is 5.75 Å². The Hall–Kier alpha value is -1.14. The van der Waals surface area contributed by atoms with Gasteiger partial charge in [0.2, 0.25) is 5.88 Å². The lowest BCUT2D eigenvalue weighted by atomic mass is 10.1. The van der Waals surface area contributed by atoms with Crippen LogP contribution in [0, 0.1) is 3.57 Å². The van der Waals surface area contributed by atoms with Gasteiger partial charge in [0.05, 0.1) is 3.57 Å². The Kier molecular flexibility index (Phi) is 4.54. The highest BCUT2D eigenvalue weighted by Crippen LogP contribution is 2.25. The van der Waals surface area contributed by atoms with Crippen molar-refractivity contribution >= 4 is 22.6 Å². The molecule has 3 nitrogen and oxygen atoms in total. The molecule has 18 heavy (non-hydrogen) atoms. The summed E-state index contributed by atoms with van der Waals surface area (Å²) in [7, 11) is 1.93. The summed E-state index contributed by atoms with van der Waals surface area (Å²) >= 11 is 2.25. The second-order valence-corrected chi connectivity index (χ2v) is 5.13. The van der Waals surface area contributed by atoms with Gasteiger partial charge in [-0.1, -0.05) is 18.2 Å².